The third kappa shape index (κ3) is 3.56. The summed E-state index contributed by atoms with van der Waals surface area (Å²) in [5.74, 6) is -1.16. The van der Waals surface area contributed by atoms with Crippen LogP contribution in [0, 0.1) is 0 Å². The van der Waals surface area contributed by atoms with Crippen molar-refractivity contribution in [3.63, 3.8) is 0 Å². The molecule has 1 aliphatic heterocycles. The molecule has 0 unspecified atom stereocenters. The first-order chi connectivity index (χ1) is 9.20. The van der Waals surface area contributed by atoms with Gasteiger partial charge in [0, 0.05) is 6.42 Å². The van der Waals surface area contributed by atoms with Crippen LogP contribution < -0.4 is 5.11 Å². The number of unbranched alkanes of at least 4 members (excludes halogenated alkanes) is 2. The Labute approximate surface area is 113 Å². The predicted octanol–water partition coefficient (Wildman–Crippen LogP) is 2.45. The SMILES string of the molecule is CCCCCC1=NO[C@H](c2ccc(C(=O)[O-])cc2)C1. The van der Waals surface area contributed by atoms with Gasteiger partial charge in [-0.3, -0.25) is 0 Å². The molecule has 1 aromatic carbocycles. The zero-order valence-electron chi connectivity index (χ0n) is 11.1. The number of hydrogen-bond acceptors (Lipinski definition) is 4. The van der Waals surface area contributed by atoms with E-state index in [1.165, 1.54) is 12.8 Å². The van der Waals surface area contributed by atoms with Gasteiger partial charge < -0.3 is 14.7 Å². The van der Waals surface area contributed by atoms with Gasteiger partial charge in [0.05, 0.1) is 11.7 Å². The zero-order chi connectivity index (χ0) is 13.7. The minimum atomic E-state index is -1.16. The second-order valence-electron chi connectivity index (χ2n) is 4.82. The first-order valence-corrected chi connectivity index (χ1v) is 6.73. The van der Waals surface area contributed by atoms with Gasteiger partial charge in [-0.2, -0.15) is 0 Å². The summed E-state index contributed by atoms with van der Waals surface area (Å²) >= 11 is 0. The lowest BCUT2D eigenvalue weighted by molar-refractivity contribution is -0.255. The van der Waals surface area contributed by atoms with Gasteiger partial charge in [0.25, 0.3) is 0 Å². The maximum absolute atomic E-state index is 10.7. The lowest BCUT2D eigenvalue weighted by atomic mass is 10.0. The van der Waals surface area contributed by atoms with Crippen LogP contribution in [-0.2, 0) is 4.84 Å². The van der Waals surface area contributed by atoms with Gasteiger partial charge in [0.15, 0.2) is 6.10 Å². The molecule has 0 amide bonds. The number of carboxylic acid groups (broad SMARTS) is 1. The van der Waals surface area contributed by atoms with Crippen molar-refractivity contribution in [1.29, 1.82) is 0 Å². The highest BCUT2D eigenvalue weighted by molar-refractivity contribution is 5.86. The Balaban J connectivity index is 1.89. The molecule has 0 aliphatic carbocycles. The van der Waals surface area contributed by atoms with Crippen LogP contribution >= 0.6 is 0 Å². The molecular weight excluding hydrogens is 242 g/mol. The second-order valence-corrected chi connectivity index (χ2v) is 4.82. The minimum absolute atomic E-state index is 0.0765. The number of hydrogen-bond donors (Lipinski definition) is 0. The van der Waals surface area contributed by atoms with E-state index in [1.807, 2.05) is 0 Å². The fourth-order valence-corrected chi connectivity index (χ4v) is 2.17. The van der Waals surface area contributed by atoms with E-state index in [1.54, 1.807) is 24.3 Å². The third-order valence-corrected chi connectivity index (χ3v) is 3.32. The minimum Gasteiger partial charge on any atom is -0.545 e. The van der Waals surface area contributed by atoms with Crippen LogP contribution in [0.5, 0.6) is 0 Å². The topological polar surface area (TPSA) is 61.7 Å². The molecule has 1 heterocycles. The summed E-state index contributed by atoms with van der Waals surface area (Å²) in [4.78, 5) is 16.1. The number of carbonyl (C=O) groups excluding carboxylic acids is 1. The normalized spacial score (nSPS) is 17.9. The fraction of sp³-hybridized carbons (Fsp3) is 0.467. The van der Waals surface area contributed by atoms with Crippen LogP contribution in [0.1, 0.15) is 61.1 Å². The molecule has 0 saturated carbocycles. The Morgan fingerprint density at radius 3 is 2.74 bits per heavy atom. The summed E-state index contributed by atoms with van der Waals surface area (Å²) in [6.07, 6.45) is 5.27. The van der Waals surface area contributed by atoms with Crippen molar-refractivity contribution in [1.82, 2.24) is 0 Å². The highest BCUT2D eigenvalue weighted by Crippen LogP contribution is 2.28. The highest BCUT2D eigenvalue weighted by atomic mass is 16.6. The monoisotopic (exact) mass is 260 g/mol. The van der Waals surface area contributed by atoms with Crippen LogP contribution in [0.25, 0.3) is 0 Å². The molecule has 19 heavy (non-hydrogen) atoms. The third-order valence-electron chi connectivity index (χ3n) is 3.32. The van der Waals surface area contributed by atoms with Gasteiger partial charge in [-0.15, -0.1) is 0 Å². The summed E-state index contributed by atoms with van der Waals surface area (Å²) in [5, 5.41) is 14.8. The van der Waals surface area contributed by atoms with Gasteiger partial charge in [-0.25, -0.2) is 0 Å². The van der Waals surface area contributed by atoms with Crippen LogP contribution in [-0.4, -0.2) is 11.7 Å². The van der Waals surface area contributed by atoms with Crippen molar-refractivity contribution < 1.29 is 14.7 Å². The number of carbonyl (C=O) groups is 1. The Morgan fingerprint density at radius 2 is 2.11 bits per heavy atom. The molecule has 4 nitrogen and oxygen atoms in total. The fourth-order valence-electron chi connectivity index (χ4n) is 2.17. The van der Waals surface area contributed by atoms with Gasteiger partial charge in [0.1, 0.15) is 0 Å². The number of aromatic carboxylic acids is 1. The predicted molar refractivity (Wildman–Crippen MR) is 70.8 cm³/mol. The van der Waals surface area contributed by atoms with E-state index in [9.17, 15) is 9.90 Å². The molecule has 0 N–H and O–H groups in total. The van der Waals surface area contributed by atoms with E-state index in [4.69, 9.17) is 4.84 Å². The molecule has 102 valence electrons. The Morgan fingerprint density at radius 1 is 1.37 bits per heavy atom. The number of rotatable bonds is 6. The van der Waals surface area contributed by atoms with Gasteiger partial charge in [-0.05, 0) is 24.0 Å². The Bertz CT molecular complexity index is 465. The van der Waals surface area contributed by atoms with E-state index in [2.05, 4.69) is 12.1 Å². The van der Waals surface area contributed by atoms with Crippen molar-refractivity contribution in [2.75, 3.05) is 0 Å². The van der Waals surface area contributed by atoms with Crippen LogP contribution in [0.3, 0.4) is 0 Å². The molecule has 0 spiro atoms. The molecule has 0 bridgehead atoms. The van der Waals surface area contributed by atoms with Gasteiger partial charge >= 0.3 is 0 Å². The van der Waals surface area contributed by atoms with Crippen molar-refractivity contribution in [3.05, 3.63) is 35.4 Å². The number of benzene rings is 1. The van der Waals surface area contributed by atoms with E-state index in [-0.39, 0.29) is 11.7 Å². The number of oxime groups is 1. The summed E-state index contributed by atoms with van der Waals surface area (Å²) in [5.41, 5.74) is 2.24. The maximum atomic E-state index is 10.7. The standard InChI is InChI=1S/C15H19NO3/c1-2-3-4-5-13-10-14(19-16-13)11-6-8-12(9-7-11)15(17)18/h6-9,14H,2-5,10H2,1H3,(H,17,18)/p-1/t14-/m0/s1. The molecule has 0 fully saturated rings. The molecule has 0 saturated heterocycles. The summed E-state index contributed by atoms with van der Waals surface area (Å²) in [6, 6.07) is 6.62. The zero-order valence-corrected chi connectivity index (χ0v) is 11.1. The molecule has 1 aromatic rings. The summed E-state index contributed by atoms with van der Waals surface area (Å²) < 4.78 is 0. The lowest BCUT2D eigenvalue weighted by Gasteiger charge is -2.09. The van der Waals surface area contributed by atoms with Crippen molar-refractivity contribution >= 4 is 11.7 Å². The molecule has 1 aliphatic rings. The maximum Gasteiger partial charge on any atom is 0.157 e. The van der Waals surface area contributed by atoms with Gasteiger partial charge in [-0.1, -0.05) is 49.2 Å². The summed E-state index contributed by atoms with van der Waals surface area (Å²) in [6.45, 7) is 2.18. The quantitative estimate of drug-likeness (QED) is 0.738. The van der Waals surface area contributed by atoms with Crippen LogP contribution in [0.2, 0.25) is 0 Å². The largest absolute Gasteiger partial charge is 0.545 e. The lowest BCUT2D eigenvalue weighted by Crippen LogP contribution is -2.22. The molecule has 0 radical (unpaired) electrons. The second kappa shape index (κ2) is 6.36. The van der Waals surface area contributed by atoms with E-state index >= 15 is 0 Å². The first-order valence-electron chi connectivity index (χ1n) is 6.73. The van der Waals surface area contributed by atoms with Crippen molar-refractivity contribution in [2.24, 2.45) is 5.16 Å². The average Bonchev–Trinajstić information content (AvgIpc) is 2.88. The summed E-state index contributed by atoms with van der Waals surface area (Å²) in [7, 11) is 0. The van der Waals surface area contributed by atoms with Crippen molar-refractivity contribution in [3.8, 4) is 0 Å². The first kappa shape index (κ1) is 13.6. The Kier molecular flexibility index (Phi) is 4.55. The highest BCUT2D eigenvalue weighted by Gasteiger charge is 2.22. The number of carboxylic acids is 1. The molecule has 1 atom stereocenters. The van der Waals surface area contributed by atoms with Crippen molar-refractivity contribution in [2.45, 2.75) is 45.1 Å². The van der Waals surface area contributed by atoms with E-state index < -0.39 is 5.97 Å². The smallest absolute Gasteiger partial charge is 0.157 e. The molecule has 2 rings (SSSR count). The molecule has 4 heteroatoms. The Hall–Kier alpha value is -1.84. The molecular formula is C15H18NO3-. The number of nitrogens with zero attached hydrogens (tertiary/aromatic N) is 1. The average molecular weight is 260 g/mol. The van der Waals surface area contributed by atoms with Crippen LogP contribution in [0.4, 0.5) is 0 Å². The molecule has 0 aromatic heterocycles. The van der Waals surface area contributed by atoms with Gasteiger partial charge in [0.2, 0.25) is 0 Å². The van der Waals surface area contributed by atoms with Crippen LogP contribution in [0.15, 0.2) is 29.4 Å². The van der Waals surface area contributed by atoms with E-state index in [0.29, 0.717) is 0 Å². The van der Waals surface area contributed by atoms with E-state index in [0.717, 1.165) is 30.5 Å².